The third kappa shape index (κ3) is 4.78. The van der Waals surface area contributed by atoms with Crippen LogP contribution in [0, 0.1) is 5.92 Å². The van der Waals surface area contributed by atoms with E-state index in [1.165, 1.54) is 37.0 Å². The SMILES string of the molecule is O=C(CC1CCCCC1)NC1CCN(Cc2cncs2)CC1. The molecule has 1 saturated carbocycles. The lowest BCUT2D eigenvalue weighted by Gasteiger charge is -2.32. The van der Waals surface area contributed by atoms with Gasteiger partial charge in [-0.25, -0.2) is 0 Å². The minimum atomic E-state index is 0.285. The van der Waals surface area contributed by atoms with E-state index < -0.39 is 0 Å². The van der Waals surface area contributed by atoms with Gasteiger partial charge in [-0.2, -0.15) is 0 Å². The third-order valence-electron chi connectivity index (χ3n) is 5.01. The molecule has 1 aliphatic carbocycles. The van der Waals surface area contributed by atoms with Gasteiger partial charge in [-0.05, 0) is 31.6 Å². The second kappa shape index (κ2) is 8.06. The smallest absolute Gasteiger partial charge is 0.220 e. The Morgan fingerprint density at radius 3 is 2.68 bits per heavy atom. The highest BCUT2D eigenvalue weighted by Crippen LogP contribution is 2.26. The molecule has 1 amide bonds. The average Bonchev–Trinajstić information content (AvgIpc) is 3.03. The summed E-state index contributed by atoms with van der Waals surface area (Å²) >= 11 is 1.72. The van der Waals surface area contributed by atoms with Crippen LogP contribution in [0.1, 0.15) is 56.2 Å². The zero-order chi connectivity index (χ0) is 15.2. The van der Waals surface area contributed by atoms with Gasteiger partial charge >= 0.3 is 0 Å². The van der Waals surface area contributed by atoms with Crippen molar-refractivity contribution in [2.24, 2.45) is 5.92 Å². The molecule has 3 rings (SSSR count). The Kier molecular flexibility index (Phi) is 5.84. The molecule has 122 valence electrons. The van der Waals surface area contributed by atoms with Gasteiger partial charge in [0.25, 0.3) is 0 Å². The lowest BCUT2D eigenvalue weighted by atomic mass is 9.86. The van der Waals surface area contributed by atoms with Gasteiger partial charge < -0.3 is 5.32 Å². The van der Waals surface area contributed by atoms with E-state index in [0.29, 0.717) is 12.0 Å². The van der Waals surface area contributed by atoms with E-state index in [4.69, 9.17) is 0 Å². The van der Waals surface area contributed by atoms with Crippen LogP contribution in [0.2, 0.25) is 0 Å². The largest absolute Gasteiger partial charge is 0.353 e. The van der Waals surface area contributed by atoms with Crippen LogP contribution in [-0.4, -0.2) is 34.9 Å². The van der Waals surface area contributed by atoms with Crippen LogP contribution in [0.15, 0.2) is 11.7 Å². The number of hydrogen-bond donors (Lipinski definition) is 1. The molecule has 0 bridgehead atoms. The molecule has 0 unspecified atom stereocenters. The minimum absolute atomic E-state index is 0.285. The van der Waals surface area contributed by atoms with E-state index in [0.717, 1.165) is 38.9 Å². The van der Waals surface area contributed by atoms with Crippen LogP contribution in [0.4, 0.5) is 0 Å². The summed E-state index contributed by atoms with van der Waals surface area (Å²) in [5, 5.41) is 3.27. The van der Waals surface area contributed by atoms with Crippen molar-refractivity contribution in [1.29, 1.82) is 0 Å². The number of aromatic nitrogens is 1. The number of carbonyl (C=O) groups is 1. The maximum atomic E-state index is 12.2. The van der Waals surface area contributed by atoms with Gasteiger partial charge in [-0.1, -0.05) is 19.3 Å². The van der Waals surface area contributed by atoms with Crippen LogP contribution < -0.4 is 5.32 Å². The molecule has 0 atom stereocenters. The molecule has 1 aromatic heterocycles. The van der Waals surface area contributed by atoms with Crippen LogP contribution in [0.3, 0.4) is 0 Å². The molecule has 0 aromatic carbocycles. The molecule has 0 spiro atoms. The summed E-state index contributed by atoms with van der Waals surface area (Å²) in [7, 11) is 0. The number of nitrogens with zero attached hydrogens (tertiary/aromatic N) is 2. The molecule has 2 aliphatic rings. The Labute approximate surface area is 137 Å². The highest BCUT2D eigenvalue weighted by atomic mass is 32.1. The lowest BCUT2D eigenvalue weighted by molar-refractivity contribution is -0.123. The Hall–Kier alpha value is -0.940. The maximum absolute atomic E-state index is 12.2. The fourth-order valence-electron chi connectivity index (χ4n) is 3.72. The fraction of sp³-hybridized carbons (Fsp3) is 0.765. The molecule has 0 radical (unpaired) electrons. The fourth-order valence-corrected chi connectivity index (χ4v) is 4.35. The summed E-state index contributed by atoms with van der Waals surface area (Å²) in [4.78, 5) is 20.1. The quantitative estimate of drug-likeness (QED) is 0.906. The van der Waals surface area contributed by atoms with Gasteiger partial charge in [0.1, 0.15) is 0 Å². The highest BCUT2D eigenvalue weighted by molar-refractivity contribution is 7.09. The molecule has 1 aliphatic heterocycles. The summed E-state index contributed by atoms with van der Waals surface area (Å²) < 4.78 is 0. The van der Waals surface area contributed by atoms with Crippen molar-refractivity contribution in [3.8, 4) is 0 Å². The van der Waals surface area contributed by atoms with Crippen LogP contribution in [0.25, 0.3) is 0 Å². The summed E-state index contributed by atoms with van der Waals surface area (Å²) in [6.07, 6.45) is 11.4. The van der Waals surface area contributed by atoms with Gasteiger partial charge in [0.05, 0.1) is 5.51 Å². The zero-order valence-corrected chi connectivity index (χ0v) is 14.1. The van der Waals surface area contributed by atoms with E-state index in [1.54, 1.807) is 11.3 Å². The molecule has 5 heteroatoms. The topological polar surface area (TPSA) is 45.2 Å². The zero-order valence-electron chi connectivity index (χ0n) is 13.3. The van der Waals surface area contributed by atoms with Crippen molar-refractivity contribution in [3.05, 3.63) is 16.6 Å². The first-order valence-electron chi connectivity index (χ1n) is 8.68. The minimum Gasteiger partial charge on any atom is -0.353 e. The third-order valence-corrected chi connectivity index (χ3v) is 5.78. The summed E-state index contributed by atoms with van der Waals surface area (Å²) in [6.45, 7) is 3.16. The molecule has 2 fully saturated rings. The average molecular weight is 321 g/mol. The number of carbonyl (C=O) groups excluding carboxylic acids is 1. The predicted octanol–water partition coefficient (Wildman–Crippen LogP) is 3.19. The number of likely N-dealkylation sites (tertiary alicyclic amines) is 1. The lowest BCUT2D eigenvalue weighted by Crippen LogP contribution is -2.44. The van der Waals surface area contributed by atoms with Gasteiger partial charge in [0.15, 0.2) is 0 Å². The normalized spacial score (nSPS) is 21.8. The molecule has 1 N–H and O–H groups in total. The van der Waals surface area contributed by atoms with E-state index in [1.807, 2.05) is 11.7 Å². The Balaban J connectivity index is 1.35. The van der Waals surface area contributed by atoms with Crippen molar-refractivity contribution < 1.29 is 4.79 Å². The number of amides is 1. The Bertz CT molecular complexity index is 448. The van der Waals surface area contributed by atoms with Crippen molar-refractivity contribution >= 4 is 17.2 Å². The van der Waals surface area contributed by atoms with E-state index in [9.17, 15) is 4.79 Å². The monoisotopic (exact) mass is 321 g/mol. The Morgan fingerprint density at radius 2 is 2.00 bits per heavy atom. The first kappa shape index (κ1) is 15.9. The standard InChI is InChI=1S/C17H27N3OS/c21-17(10-14-4-2-1-3-5-14)19-15-6-8-20(9-7-15)12-16-11-18-13-22-16/h11,13-15H,1-10,12H2,(H,19,21). The first-order valence-corrected chi connectivity index (χ1v) is 9.56. The molecular formula is C17H27N3OS. The van der Waals surface area contributed by atoms with Crippen molar-refractivity contribution in [1.82, 2.24) is 15.2 Å². The molecule has 4 nitrogen and oxygen atoms in total. The van der Waals surface area contributed by atoms with E-state index >= 15 is 0 Å². The van der Waals surface area contributed by atoms with E-state index in [2.05, 4.69) is 15.2 Å². The van der Waals surface area contributed by atoms with Crippen LogP contribution >= 0.6 is 11.3 Å². The first-order chi connectivity index (χ1) is 10.8. The number of piperidine rings is 1. The van der Waals surface area contributed by atoms with E-state index in [-0.39, 0.29) is 5.91 Å². The summed E-state index contributed by atoms with van der Waals surface area (Å²) in [5.74, 6) is 0.924. The van der Waals surface area contributed by atoms with Crippen molar-refractivity contribution in [2.45, 2.75) is 64.0 Å². The summed E-state index contributed by atoms with van der Waals surface area (Å²) in [5.41, 5.74) is 1.90. The predicted molar refractivity (Wildman–Crippen MR) is 89.7 cm³/mol. The number of nitrogens with one attached hydrogen (secondary N) is 1. The maximum Gasteiger partial charge on any atom is 0.220 e. The highest BCUT2D eigenvalue weighted by Gasteiger charge is 2.23. The molecule has 1 saturated heterocycles. The second-order valence-corrected chi connectivity index (χ2v) is 7.76. The van der Waals surface area contributed by atoms with Gasteiger partial charge in [-0.15, -0.1) is 11.3 Å². The van der Waals surface area contributed by atoms with Gasteiger partial charge in [0.2, 0.25) is 5.91 Å². The van der Waals surface area contributed by atoms with Crippen molar-refractivity contribution in [3.63, 3.8) is 0 Å². The Morgan fingerprint density at radius 1 is 1.23 bits per heavy atom. The van der Waals surface area contributed by atoms with Crippen LogP contribution in [-0.2, 0) is 11.3 Å². The molecule has 1 aromatic rings. The van der Waals surface area contributed by atoms with Crippen molar-refractivity contribution in [2.75, 3.05) is 13.1 Å². The number of thiazole rings is 1. The molecule has 2 heterocycles. The second-order valence-electron chi connectivity index (χ2n) is 6.79. The summed E-state index contributed by atoms with van der Waals surface area (Å²) in [6, 6.07) is 0.383. The van der Waals surface area contributed by atoms with Gasteiger partial charge in [0, 0.05) is 43.2 Å². The molecule has 22 heavy (non-hydrogen) atoms. The van der Waals surface area contributed by atoms with Gasteiger partial charge in [-0.3, -0.25) is 14.7 Å². The van der Waals surface area contributed by atoms with Crippen LogP contribution in [0.5, 0.6) is 0 Å². The molecular weight excluding hydrogens is 294 g/mol. The number of rotatable bonds is 5. The number of hydrogen-bond acceptors (Lipinski definition) is 4.